The van der Waals surface area contributed by atoms with E-state index in [1.807, 2.05) is 24.5 Å². The van der Waals surface area contributed by atoms with Crippen LogP contribution in [-0.2, 0) is 12.8 Å². The highest BCUT2D eigenvalue weighted by molar-refractivity contribution is 9.10. The van der Waals surface area contributed by atoms with Gasteiger partial charge >= 0.3 is 0 Å². The Morgan fingerprint density at radius 1 is 1.19 bits per heavy atom. The normalized spacial score (nSPS) is 16.3. The maximum Gasteiger partial charge on any atom is 0.128 e. The fourth-order valence-corrected chi connectivity index (χ4v) is 4.79. The number of fused-ring (bicyclic) bond motifs is 1. The Balaban J connectivity index is 1.98. The molecule has 112 valence electrons. The first kappa shape index (κ1) is 15.2. The summed E-state index contributed by atoms with van der Waals surface area (Å²) in [5.41, 5.74) is 2.19. The van der Waals surface area contributed by atoms with Crippen molar-refractivity contribution in [3.63, 3.8) is 0 Å². The molecule has 0 amide bonds. The summed E-state index contributed by atoms with van der Waals surface area (Å²) in [6, 6.07) is 7.37. The smallest absolute Gasteiger partial charge is 0.128 e. The van der Waals surface area contributed by atoms with E-state index in [0.717, 1.165) is 4.47 Å². The van der Waals surface area contributed by atoms with Crippen molar-refractivity contribution < 1.29 is 4.39 Å². The summed E-state index contributed by atoms with van der Waals surface area (Å²) in [7, 11) is 1.90. The molecular weight excluding hydrogens is 349 g/mol. The lowest BCUT2D eigenvalue weighted by atomic mass is 10.0. The van der Waals surface area contributed by atoms with E-state index in [1.165, 1.54) is 53.5 Å². The quantitative estimate of drug-likeness (QED) is 0.732. The average Bonchev–Trinajstić information content (AvgIpc) is 2.74. The van der Waals surface area contributed by atoms with Gasteiger partial charge in [-0.3, -0.25) is 0 Å². The molecule has 1 aromatic carbocycles. The van der Waals surface area contributed by atoms with Crippen molar-refractivity contribution in [1.82, 2.24) is 5.32 Å². The monoisotopic (exact) mass is 367 g/mol. The van der Waals surface area contributed by atoms with Crippen molar-refractivity contribution in [2.24, 2.45) is 0 Å². The third-order valence-electron chi connectivity index (χ3n) is 4.11. The van der Waals surface area contributed by atoms with E-state index in [0.29, 0.717) is 5.56 Å². The number of hydrogen-bond acceptors (Lipinski definition) is 2. The fourth-order valence-electron chi connectivity index (χ4n) is 3.02. The molecule has 1 unspecified atom stereocenters. The van der Waals surface area contributed by atoms with Crippen LogP contribution in [-0.4, -0.2) is 7.05 Å². The van der Waals surface area contributed by atoms with Gasteiger partial charge in [0.05, 0.1) is 6.04 Å². The molecule has 3 rings (SSSR count). The second-order valence-corrected chi connectivity index (χ2v) is 7.63. The zero-order valence-electron chi connectivity index (χ0n) is 12.1. The summed E-state index contributed by atoms with van der Waals surface area (Å²) in [5.74, 6) is -0.152. The van der Waals surface area contributed by atoms with Gasteiger partial charge in [-0.1, -0.05) is 22.4 Å². The summed E-state index contributed by atoms with van der Waals surface area (Å²) < 4.78 is 15.1. The van der Waals surface area contributed by atoms with Crippen LogP contribution in [0.1, 0.15) is 46.2 Å². The van der Waals surface area contributed by atoms with E-state index in [1.54, 1.807) is 6.07 Å². The minimum atomic E-state index is -0.152. The van der Waals surface area contributed by atoms with Crippen molar-refractivity contribution in [3.8, 4) is 0 Å². The van der Waals surface area contributed by atoms with Gasteiger partial charge in [-0.15, -0.1) is 11.3 Å². The van der Waals surface area contributed by atoms with E-state index in [9.17, 15) is 4.39 Å². The van der Waals surface area contributed by atoms with Crippen molar-refractivity contribution in [2.45, 2.75) is 38.1 Å². The molecule has 0 saturated heterocycles. The zero-order valence-corrected chi connectivity index (χ0v) is 14.5. The molecule has 0 fully saturated rings. The van der Waals surface area contributed by atoms with Gasteiger partial charge < -0.3 is 5.32 Å². The number of rotatable bonds is 3. The van der Waals surface area contributed by atoms with Crippen LogP contribution < -0.4 is 5.32 Å². The highest BCUT2D eigenvalue weighted by Crippen LogP contribution is 2.36. The van der Waals surface area contributed by atoms with Gasteiger partial charge in [-0.25, -0.2) is 4.39 Å². The molecule has 2 aromatic rings. The molecule has 1 aromatic heterocycles. The molecule has 0 saturated carbocycles. The van der Waals surface area contributed by atoms with Crippen LogP contribution in [0.25, 0.3) is 0 Å². The maximum absolute atomic E-state index is 14.2. The topological polar surface area (TPSA) is 12.0 Å². The lowest BCUT2D eigenvalue weighted by Gasteiger charge is -2.16. The molecule has 1 aliphatic carbocycles. The molecule has 1 N–H and O–H groups in total. The molecule has 1 nitrogen and oxygen atoms in total. The lowest BCUT2D eigenvalue weighted by Crippen LogP contribution is -2.18. The summed E-state index contributed by atoms with van der Waals surface area (Å²) in [6.07, 6.45) is 6.23. The van der Waals surface area contributed by atoms with Gasteiger partial charge in [0.1, 0.15) is 5.82 Å². The van der Waals surface area contributed by atoms with Gasteiger partial charge in [0.2, 0.25) is 0 Å². The van der Waals surface area contributed by atoms with Gasteiger partial charge in [0, 0.05) is 19.8 Å². The molecule has 1 heterocycles. The largest absolute Gasteiger partial charge is 0.309 e. The molecule has 0 aliphatic heterocycles. The zero-order chi connectivity index (χ0) is 14.8. The molecule has 21 heavy (non-hydrogen) atoms. The van der Waals surface area contributed by atoms with E-state index < -0.39 is 0 Å². The summed E-state index contributed by atoms with van der Waals surface area (Å²) >= 11 is 5.29. The minimum absolute atomic E-state index is 0.0700. The predicted molar refractivity (Wildman–Crippen MR) is 90.6 cm³/mol. The standard InChI is InChI=1S/C17H19BrFNS/c1-20-17(13-10-12(18)7-8-14(13)19)16-9-11-5-3-2-4-6-15(11)21-16/h7-10,17,20H,2-6H2,1H3. The Labute approximate surface area is 137 Å². The second-order valence-electron chi connectivity index (χ2n) is 5.55. The Morgan fingerprint density at radius 3 is 2.81 bits per heavy atom. The van der Waals surface area contributed by atoms with E-state index in [4.69, 9.17) is 0 Å². The fraction of sp³-hybridized carbons (Fsp3) is 0.412. The summed E-state index contributed by atoms with van der Waals surface area (Å²) in [6.45, 7) is 0. The second kappa shape index (κ2) is 6.59. The van der Waals surface area contributed by atoms with Crippen molar-refractivity contribution in [2.75, 3.05) is 7.05 Å². The van der Waals surface area contributed by atoms with Gasteiger partial charge in [-0.2, -0.15) is 0 Å². The van der Waals surface area contributed by atoms with Crippen molar-refractivity contribution in [1.29, 1.82) is 0 Å². The average molecular weight is 368 g/mol. The van der Waals surface area contributed by atoms with Crippen LogP contribution in [0.15, 0.2) is 28.7 Å². The third-order valence-corrected chi connectivity index (χ3v) is 5.90. The number of benzene rings is 1. The lowest BCUT2D eigenvalue weighted by molar-refractivity contribution is 0.578. The van der Waals surface area contributed by atoms with Crippen LogP contribution >= 0.6 is 27.3 Å². The SMILES string of the molecule is CNC(c1cc2c(s1)CCCCC2)c1cc(Br)ccc1F. The Morgan fingerprint density at radius 2 is 2.00 bits per heavy atom. The van der Waals surface area contributed by atoms with Crippen LogP contribution in [0.3, 0.4) is 0 Å². The van der Waals surface area contributed by atoms with Crippen molar-refractivity contribution in [3.05, 3.63) is 55.4 Å². The van der Waals surface area contributed by atoms with E-state index in [-0.39, 0.29) is 11.9 Å². The number of aryl methyl sites for hydroxylation is 2. The molecule has 0 bridgehead atoms. The highest BCUT2D eigenvalue weighted by Gasteiger charge is 2.21. The first-order valence-corrected chi connectivity index (χ1v) is 9.03. The van der Waals surface area contributed by atoms with Crippen LogP contribution in [0.5, 0.6) is 0 Å². The maximum atomic E-state index is 14.2. The van der Waals surface area contributed by atoms with Gasteiger partial charge in [0.15, 0.2) is 0 Å². The highest BCUT2D eigenvalue weighted by atomic mass is 79.9. The molecule has 4 heteroatoms. The Kier molecular flexibility index (Phi) is 4.77. The first-order chi connectivity index (χ1) is 10.2. The Bertz CT molecular complexity index is 614. The van der Waals surface area contributed by atoms with Crippen LogP contribution in [0, 0.1) is 5.82 Å². The third kappa shape index (κ3) is 3.22. The van der Waals surface area contributed by atoms with E-state index >= 15 is 0 Å². The van der Waals surface area contributed by atoms with Gasteiger partial charge in [0.25, 0.3) is 0 Å². The molecule has 1 atom stereocenters. The van der Waals surface area contributed by atoms with Crippen LogP contribution in [0.2, 0.25) is 0 Å². The molecule has 0 spiro atoms. The van der Waals surface area contributed by atoms with Crippen molar-refractivity contribution >= 4 is 27.3 Å². The molecule has 1 aliphatic rings. The summed E-state index contributed by atoms with van der Waals surface area (Å²) in [5, 5.41) is 3.28. The number of halogens is 2. The number of hydrogen-bond donors (Lipinski definition) is 1. The van der Waals surface area contributed by atoms with Crippen LogP contribution in [0.4, 0.5) is 4.39 Å². The first-order valence-electron chi connectivity index (χ1n) is 7.42. The predicted octanol–water partition coefficient (Wildman–Crippen LogP) is 5.23. The summed E-state index contributed by atoms with van der Waals surface area (Å²) in [4.78, 5) is 2.72. The Hall–Kier alpha value is -0.710. The number of thiophene rings is 1. The van der Waals surface area contributed by atoms with E-state index in [2.05, 4.69) is 27.3 Å². The molecule has 0 radical (unpaired) electrons. The number of nitrogens with one attached hydrogen (secondary N) is 1. The minimum Gasteiger partial charge on any atom is -0.309 e. The molecular formula is C17H19BrFNS. The van der Waals surface area contributed by atoms with Gasteiger partial charge in [-0.05, 0) is 62.6 Å².